The van der Waals surface area contributed by atoms with Crippen LogP contribution in [-0.4, -0.2) is 29.8 Å². The van der Waals surface area contributed by atoms with E-state index in [4.69, 9.17) is 10.5 Å². The summed E-state index contributed by atoms with van der Waals surface area (Å²) in [5.41, 5.74) is 5.41. The third-order valence-electron chi connectivity index (χ3n) is 5.42. The molecule has 0 fully saturated rings. The van der Waals surface area contributed by atoms with E-state index in [9.17, 15) is 14.9 Å². The summed E-state index contributed by atoms with van der Waals surface area (Å²) in [5, 5.41) is 41.5. The maximum Gasteiger partial charge on any atom is 0.271 e. The number of carbonyl (C=O) groups excluding carboxylic acids is 1. The van der Waals surface area contributed by atoms with Gasteiger partial charge in [-0.05, 0) is 55.0 Å². The van der Waals surface area contributed by atoms with Crippen LogP contribution in [0.15, 0.2) is 88.1 Å². The van der Waals surface area contributed by atoms with Gasteiger partial charge in [0.25, 0.3) is 11.6 Å². The minimum atomic E-state index is -0.506. The Bertz CT molecular complexity index is 1400. The largest absolute Gasteiger partial charge is 0.369 e. The number of rotatable bonds is 10. The van der Waals surface area contributed by atoms with Crippen molar-refractivity contribution in [3.05, 3.63) is 99.6 Å². The molecule has 38 heavy (non-hydrogen) atoms. The number of amidine groups is 1. The first-order chi connectivity index (χ1) is 18.4. The van der Waals surface area contributed by atoms with Crippen LogP contribution in [0.4, 0.5) is 17.1 Å². The van der Waals surface area contributed by atoms with E-state index in [0.29, 0.717) is 42.7 Å². The molecular weight excluding hydrogens is 484 g/mol. The first-order valence-electron chi connectivity index (χ1n) is 11.6. The fourth-order valence-corrected chi connectivity index (χ4v) is 3.48. The second kappa shape index (κ2) is 13.6. The van der Waals surface area contributed by atoms with Crippen LogP contribution in [0, 0.1) is 39.7 Å². The number of nitrogens with zero attached hydrogens (tertiary/aromatic N) is 7. The van der Waals surface area contributed by atoms with Crippen LogP contribution in [0.2, 0.25) is 0 Å². The first kappa shape index (κ1) is 27.2. The lowest BCUT2D eigenvalue weighted by Gasteiger charge is -2.23. The maximum atomic E-state index is 12.6. The minimum absolute atomic E-state index is 0.0725. The zero-order valence-electron chi connectivity index (χ0n) is 20.6. The Hall–Kier alpha value is -5.42. The number of nitro benzene ring substituents is 1. The van der Waals surface area contributed by atoms with Crippen LogP contribution in [0.25, 0.3) is 0 Å². The summed E-state index contributed by atoms with van der Waals surface area (Å²) in [6.45, 7) is 2.80. The highest BCUT2D eigenvalue weighted by atomic mass is 16.6. The van der Waals surface area contributed by atoms with E-state index in [-0.39, 0.29) is 11.5 Å². The summed E-state index contributed by atoms with van der Waals surface area (Å²) in [5.74, 6) is -0.306. The van der Waals surface area contributed by atoms with E-state index in [2.05, 4.69) is 32.9 Å². The number of nitrogens with one attached hydrogen (secondary N) is 1. The fraction of sp³-hybridized carbons (Fsp3) is 0.185. The molecule has 0 saturated heterocycles. The van der Waals surface area contributed by atoms with Gasteiger partial charge >= 0.3 is 0 Å². The third-order valence-corrected chi connectivity index (χ3v) is 5.42. The van der Waals surface area contributed by atoms with E-state index in [1.54, 1.807) is 36.4 Å². The quantitative estimate of drug-likeness (QED) is 0.127. The molecule has 0 bridgehead atoms. The Morgan fingerprint density at radius 3 is 2.24 bits per heavy atom. The van der Waals surface area contributed by atoms with Gasteiger partial charge in [0.15, 0.2) is 0 Å². The van der Waals surface area contributed by atoms with E-state index < -0.39 is 10.8 Å². The van der Waals surface area contributed by atoms with Gasteiger partial charge in [0.05, 0.1) is 35.6 Å². The lowest BCUT2D eigenvalue weighted by molar-refractivity contribution is -0.384. The Labute approximate surface area is 219 Å². The number of carbonyl (C=O) groups is 1. The highest BCUT2D eigenvalue weighted by molar-refractivity contribution is 6.02. The van der Waals surface area contributed by atoms with Crippen LogP contribution in [-0.2, 0) is 0 Å². The topological polar surface area (TPSA) is 160 Å². The van der Waals surface area contributed by atoms with E-state index in [1.165, 1.54) is 24.3 Å². The second-order valence-corrected chi connectivity index (χ2v) is 8.02. The lowest BCUT2D eigenvalue weighted by Crippen LogP contribution is -2.25. The van der Waals surface area contributed by atoms with Crippen molar-refractivity contribution in [2.45, 2.75) is 19.8 Å². The van der Waals surface area contributed by atoms with Crippen molar-refractivity contribution in [3.8, 4) is 12.1 Å². The van der Waals surface area contributed by atoms with Gasteiger partial charge in [0, 0.05) is 42.0 Å². The Balaban J connectivity index is 1.94. The van der Waals surface area contributed by atoms with Gasteiger partial charge in [-0.3, -0.25) is 14.9 Å². The van der Waals surface area contributed by atoms with E-state index in [0.717, 1.165) is 11.3 Å². The number of hydrogen-bond donors (Lipinski definition) is 1. The van der Waals surface area contributed by atoms with Crippen molar-refractivity contribution in [1.29, 1.82) is 10.5 Å². The fourth-order valence-electron chi connectivity index (χ4n) is 3.48. The van der Waals surface area contributed by atoms with Crippen molar-refractivity contribution in [2.24, 2.45) is 15.3 Å². The number of aryl methyl sites for hydroxylation is 1. The molecule has 3 aromatic rings. The number of anilines is 1. The molecule has 3 aromatic carbocycles. The maximum absolute atomic E-state index is 12.6. The number of non-ortho nitro benzene ring substituents is 1. The summed E-state index contributed by atoms with van der Waals surface area (Å²) >= 11 is 0. The van der Waals surface area contributed by atoms with Crippen LogP contribution in [0.1, 0.15) is 34.3 Å². The van der Waals surface area contributed by atoms with Crippen molar-refractivity contribution in [2.75, 3.05) is 18.0 Å². The molecule has 0 unspecified atom stereocenters. The predicted octanol–water partition coefficient (Wildman–Crippen LogP) is 5.41. The first-order valence-corrected chi connectivity index (χ1v) is 11.6. The van der Waals surface area contributed by atoms with E-state index in [1.807, 2.05) is 24.0 Å². The number of hydrazone groups is 1. The Morgan fingerprint density at radius 2 is 1.66 bits per heavy atom. The normalized spacial score (nSPS) is 11.0. The molecule has 0 aliphatic rings. The predicted molar refractivity (Wildman–Crippen MR) is 142 cm³/mol. The van der Waals surface area contributed by atoms with Crippen molar-refractivity contribution in [3.63, 3.8) is 0 Å². The average Bonchev–Trinajstić information content (AvgIpc) is 2.94. The highest BCUT2D eigenvalue weighted by Gasteiger charge is 2.13. The summed E-state index contributed by atoms with van der Waals surface area (Å²) < 4.78 is 0. The summed E-state index contributed by atoms with van der Waals surface area (Å²) in [7, 11) is 0. The number of nitriles is 2. The molecule has 11 heteroatoms. The standard InChI is InChI=1S/C27H24N8O3/c1-20-19-24(34(17-5-15-28)18-6-16-29)13-14-25(20)26(32-33-27(36)21-7-3-2-4-8-21)31-30-22-9-11-23(12-10-22)35(37)38/h2-4,7-14,19H,5-6,17-18H2,1H3,(H,33,36)/b31-30?,32-26+. The van der Waals surface area contributed by atoms with Gasteiger partial charge in [-0.25, -0.2) is 5.43 Å². The molecule has 11 nitrogen and oxygen atoms in total. The highest BCUT2D eigenvalue weighted by Crippen LogP contribution is 2.23. The summed E-state index contributed by atoms with van der Waals surface area (Å²) in [6.07, 6.45) is 0.627. The molecule has 0 aliphatic carbocycles. The van der Waals surface area contributed by atoms with Gasteiger partial charge in [-0.2, -0.15) is 10.5 Å². The molecule has 3 rings (SSSR count). The molecule has 1 amide bonds. The monoisotopic (exact) mass is 508 g/mol. The van der Waals surface area contributed by atoms with Gasteiger partial charge < -0.3 is 4.90 Å². The van der Waals surface area contributed by atoms with Gasteiger partial charge in [0.1, 0.15) is 0 Å². The zero-order chi connectivity index (χ0) is 27.3. The van der Waals surface area contributed by atoms with Gasteiger partial charge in [-0.1, -0.05) is 18.2 Å². The zero-order valence-corrected chi connectivity index (χ0v) is 20.6. The molecule has 190 valence electrons. The average molecular weight is 509 g/mol. The molecule has 0 heterocycles. The number of benzene rings is 3. The van der Waals surface area contributed by atoms with Gasteiger partial charge in [-0.15, -0.1) is 15.3 Å². The molecular formula is C27H24N8O3. The molecule has 0 saturated carbocycles. The molecule has 0 aliphatic heterocycles. The van der Waals surface area contributed by atoms with Crippen LogP contribution < -0.4 is 10.3 Å². The number of hydrogen-bond acceptors (Lipinski definition) is 8. The molecule has 1 N–H and O–H groups in total. The van der Waals surface area contributed by atoms with Crippen LogP contribution in [0.3, 0.4) is 0 Å². The van der Waals surface area contributed by atoms with Crippen molar-refractivity contribution >= 4 is 28.8 Å². The Kier molecular flexibility index (Phi) is 9.73. The van der Waals surface area contributed by atoms with Gasteiger partial charge in [0.2, 0.25) is 5.84 Å². The number of azo groups is 1. The Morgan fingerprint density at radius 1 is 1.00 bits per heavy atom. The van der Waals surface area contributed by atoms with E-state index >= 15 is 0 Å². The molecule has 0 atom stereocenters. The second-order valence-electron chi connectivity index (χ2n) is 8.02. The number of nitro groups is 1. The third kappa shape index (κ3) is 7.54. The SMILES string of the molecule is Cc1cc(N(CCC#N)CCC#N)ccc1/C(N=Nc1ccc([N+](=O)[O-])cc1)=N\NC(=O)c1ccccc1. The van der Waals surface area contributed by atoms with Crippen molar-refractivity contribution in [1.82, 2.24) is 5.43 Å². The van der Waals surface area contributed by atoms with Crippen LogP contribution in [0.5, 0.6) is 0 Å². The van der Waals surface area contributed by atoms with Crippen molar-refractivity contribution < 1.29 is 9.72 Å². The molecule has 0 aromatic heterocycles. The summed E-state index contributed by atoms with van der Waals surface area (Å²) in [6, 6.07) is 23.9. The number of amides is 1. The summed E-state index contributed by atoms with van der Waals surface area (Å²) in [4.78, 5) is 24.9. The molecule has 0 spiro atoms. The lowest BCUT2D eigenvalue weighted by atomic mass is 10.1. The molecule has 0 radical (unpaired) electrons. The minimum Gasteiger partial charge on any atom is -0.369 e. The van der Waals surface area contributed by atoms with Crippen LogP contribution >= 0.6 is 0 Å². The smallest absolute Gasteiger partial charge is 0.271 e.